The lowest BCUT2D eigenvalue weighted by Crippen LogP contribution is -2.68. The second kappa shape index (κ2) is 21.5. The van der Waals surface area contributed by atoms with Crippen molar-refractivity contribution in [1.29, 1.82) is 0 Å². The zero-order valence-electron chi connectivity index (χ0n) is 36.7. The molecule has 1 amide bonds. The molecule has 0 radical (unpaired) electrons. The van der Waals surface area contributed by atoms with Crippen LogP contribution in [-0.4, -0.2) is 52.5 Å². The summed E-state index contributed by atoms with van der Waals surface area (Å²) in [4.78, 5) is 15.9. The summed E-state index contributed by atoms with van der Waals surface area (Å²) >= 11 is 8.62. The zero-order chi connectivity index (χ0) is 44.2. The molecule has 1 unspecified atom stereocenters. The lowest BCUT2D eigenvalue weighted by atomic mass is 9.89. The number of aryl methyl sites for hydroxylation is 1. The minimum Gasteiger partial charge on any atom is -0.489 e. The highest BCUT2D eigenvalue weighted by molar-refractivity contribution is 7.99. The summed E-state index contributed by atoms with van der Waals surface area (Å²) < 4.78 is 44.0. The number of carbonyl (C=O) groups is 1. The van der Waals surface area contributed by atoms with Crippen LogP contribution in [0.4, 0.5) is 4.79 Å². The predicted octanol–water partition coefficient (Wildman–Crippen LogP) is 12.1. The Balaban J connectivity index is 1.43. The highest BCUT2D eigenvalue weighted by atomic mass is 35.5. The molecule has 326 valence electrons. The van der Waals surface area contributed by atoms with Crippen LogP contribution in [0, 0.1) is 0 Å². The van der Waals surface area contributed by atoms with E-state index in [0.717, 1.165) is 37.0 Å². The Bertz CT molecular complexity index is 2150. The van der Waals surface area contributed by atoms with Gasteiger partial charge in [0.1, 0.15) is 18.0 Å². The van der Waals surface area contributed by atoms with Crippen molar-refractivity contribution in [3.63, 3.8) is 0 Å². The minimum absolute atomic E-state index is 0.0467. The smallest absolute Gasteiger partial charge is 0.408 e. The molecule has 0 aromatic heterocycles. The Morgan fingerprint density at radius 1 is 0.738 bits per heavy atom. The fourth-order valence-electron chi connectivity index (χ4n) is 7.48. The Hall–Kier alpha value is -3.86. The summed E-state index contributed by atoms with van der Waals surface area (Å²) in [5, 5.41) is 5.79. The third-order valence-electron chi connectivity index (χ3n) is 10.6. The maximum Gasteiger partial charge on any atom is 0.408 e. The van der Waals surface area contributed by atoms with E-state index in [1.165, 1.54) is 14.2 Å². The van der Waals surface area contributed by atoms with Gasteiger partial charge in [0, 0.05) is 29.0 Å². The Morgan fingerprint density at radius 3 is 1.89 bits per heavy atom. The van der Waals surface area contributed by atoms with E-state index in [4.69, 9.17) is 34.5 Å². The van der Waals surface area contributed by atoms with Crippen LogP contribution in [0.2, 0.25) is 10.1 Å². The van der Waals surface area contributed by atoms with Crippen molar-refractivity contribution in [3.05, 3.63) is 150 Å². The fraction of sp³-hybridized carbons (Fsp3) is 0.367. The molecule has 0 aliphatic heterocycles. The van der Waals surface area contributed by atoms with Gasteiger partial charge in [0.15, 0.2) is 0 Å². The van der Waals surface area contributed by atoms with Crippen molar-refractivity contribution in [2.24, 2.45) is 0 Å². The van der Waals surface area contributed by atoms with E-state index in [0.29, 0.717) is 30.9 Å². The third kappa shape index (κ3) is 13.6. The van der Waals surface area contributed by atoms with Crippen molar-refractivity contribution in [1.82, 2.24) is 5.32 Å². The number of ether oxygens (including phenoxy) is 2. The van der Waals surface area contributed by atoms with Crippen molar-refractivity contribution in [2.75, 3.05) is 27.0 Å². The lowest BCUT2D eigenvalue weighted by molar-refractivity contribution is 0.0386. The standard InChI is InChI=1S/C49H61ClNO7PSSi/c1-47(2,3)58-46(52)51-49(32-33-59(53,54-7)55-8,37-57-61(48(4,5)6,43-25-14-10-15-26-43)44-27-16-11-17-28-44)31-19-22-39-29-30-42(35-45(39)50)60-41-24-18-23-40(34-41)56-36-38-20-12-9-13-21-38/h9-18,20-21,23-30,34-35H,19,22,31-33,36-37H2,1-8H3,(H,51,52). The van der Waals surface area contributed by atoms with E-state index in [2.05, 4.69) is 68.6 Å². The van der Waals surface area contributed by atoms with Crippen LogP contribution < -0.4 is 20.4 Å². The Kier molecular flexibility index (Phi) is 17.0. The molecule has 8 nitrogen and oxygen atoms in total. The average Bonchev–Trinajstić information content (AvgIpc) is 3.23. The second-order valence-electron chi connectivity index (χ2n) is 17.3. The number of carbonyl (C=O) groups excluding carboxylic acids is 1. The van der Waals surface area contributed by atoms with Gasteiger partial charge in [-0.05, 0) is 103 Å². The SMILES string of the molecule is COP(=O)(CCC(CCCc1ccc(Sc2cccc(OCc3ccccc3)c2)cc1Cl)(CO[Si](c1ccccc1)(c1ccccc1)C(C)(C)C)NC(=O)OC(C)(C)C)OC. The van der Waals surface area contributed by atoms with Crippen LogP contribution in [0.5, 0.6) is 5.75 Å². The highest BCUT2D eigenvalue weighted by Crippen LogP contribution is 2.48. The molecular formula is C49H61ClNO7PSSi. The molecule has 12 heteroatoms. The number of rotatable bonds is 20. The first kappa shape index (κ1) is 48.2. The molecule has 0 fully saturated rings. The van der Waals surface area contributed by atoms with E-state index in [-0.39, 0.29) is 24.2 Å². The van der Waals surface area contributed by atoms with Crippen molar-refractivity contribution >= 4 is 55.7 Å². The van der Waals surface area contributed by atoms with Gasteiger partial charge in [-0.25, -0.2) is 4.79 Å². The van der Waals surface area contributed by atoms with Crippen molar-refractivity contribution in [2.45, 2.75) is 99.8 Å². The Labute approximate surface area is 373 Å². The molecule has 0 bridgehead atoms. The molecular weight excluding hydrogens is 841 g/mol. The van der Waals surface area contributed by atoms with Crippen LogP contribution in [-0.2, 0) is 35.8 Å². The van der Waals surface area contributed by atoms with Crippen LogP contribution in [0.3, 0.4) is 0 Å². The Morgan fingerprint density at radius 2 is 1.33 bits per heavy atom. The molecule has 61 heavy (non-hydrogen) atoms. The van der Waals surface area contributed by atoms with Gasteiger partial charge in [0.25, 0.3) is 8.32 Å². The first-order chi connectivity index (χ1) is 29.0. The number of amides is 1. The molecule has 0 saturated heterocycles. The third-order valence-corrected chi connectivity index (χ3v) is 18.8. The number of hydrogen-bond acceptors (Lipinski definition) is 8. The number of benzene rings is 5. The number of hydrogen-bond donors (Lipinski definition) is 1. The molecule has 5 rings (SSSR count). The maximum absolute atomic E-state index is 13.9. The normalized spacial score (nSPS) is 13.3. The molecule has 0 heterocycles. The molecule has 0 spiro atoms. The number of halogens is 1. The zero-order valence-corrected chi connectivity index (χ0v) is 40.2. The van der Waals surface area contributed by atoms with Crippen molar-refractivity contribution < 1.29 is 32.3 Å². The van der Waals surface area contributed by atoms with Crippen molar-refractivity contribution in [3.8, 4) is 5.75 Å². The average molecular weight is 903 g/mol. The summed E-state index contributed by atoms with van der Waals surface area (Å²) in [6.07, 6.45) is 1.40. The van der Waals surface area contributed by atoms with Gasteiger partial charge in [-0.1, -0.05) is 147 Å². The molecule has 0 saturated carbocycles. The van der Waals surface area contributed by atoms with E-state index in [1.807, 2.05) is 112 Å². The number of nitrogens with one attached hydrogen (secondary N) is 1. The maximum atomic E-state index is 13.9. The van der Waals surface area contributed by atoms with Gasteiger partial charge in [0.05, 0.1) is 18.3 Å². The summed E-state index contributed by atoms with van der Waals surface area (Å²) in [6.45, 7) is 12.7. The topological polar surface area (TPSA) is 92.3 Å². The summed E-state index contributed by atoms with van der Waals surface area (Å²) in [6, 6.07) is 45.0. The number of alkyl carbamates (subject to hydrolysis) is 1. The van der Waals surface area contributed by atoms with Crippen LogP contribution in [0.25, 0.3) is 0 Å². The summed E-state index contributed by atoms with van der Waals surface area (Å²) in [7, 11) is -3.81. The molecule has 0 aliphatic carbocycles. The first-order valence-corrected chi connectivity index (χ1v) is 25.5. The predicted molar refractivity (Wildman–Crippen MR) is 253 cm³/mol. The largest absolute Gasteiger partial charge is 0.489 e. The highest BCUT2D eigenvalue weighted by Gasteiger charge is 2.52. The van der Waals surface area contributed by atoms with E-state index >= 15 is 0 Å². The van der Waals surface area contributed by atoms with Gasteiger partial charge >= 0.3 is 13.7 Å². The van der Waals surface area contributed by atoms with Gasteiger partial charge in [0.2, 0.25) is 0 Å². The van der Waals surface area contributed by atoms with Gasteiger partial charge in [-0.15, -0.1) is 0 Å². The fourth-order valence-corrected chi connectivity index (χ4v) is 14.6. The van der Waals surface area contributed by atoms with E-state index in [1.54, 1.807) is 11.8 Å². The molecule has 1 N–H and O–H groups in total. The van der Waals surface area contributed by atoms with Gasteiger partial charge in [-0.3, -0.25) is 4.57 Å². The molecule has 5 aromatic carbocycles. The molecule has 1 atom stereocenters. The monoisotopic (exact) mass is 901 g/mol. The molecule has 0 aliphatic rings. The quantitative estimate of drug-likeness (QED) is 0.0610. The van der Waals surface area contributed by atoms with E-state index in [9.17, 15) is 9.36 Å². The van der Waals surface area contributed by atoms with Gasteiger partial charge < -0.3 is 28.3 Å². The molecule has 5 aromatic rings. The minimum atomic E-state index is -3.50. The van der Waals surface area contributed by atoms with E-state index < -0.39 is 33.1 Å². The van der Waals surface area contributed by atoms with Crippen LogP contribution >= 0.6 is 31.0 Å². The van der Waals surface area contributed by atoms with Gasteiger partial charge in [-0.2, -0.15) is 0 Å². The summed E-state index contributed by atoms with van der Waals surface area (Å²) in [5.41, 5.74) is 0.284. The second-order valence-corrected chi connectivity index (χ2v) is 25.5. The van der Waals surface area contributed by atoms with Crippen LogP contribution in [0.15, 0.2) is 143 Å². The summed E-state index contributed by atoms with van der Waals surface area (Å²) in [5.74, 6) is 0.798. The lowest BCUT2D eigenvalue weighted by Gasteiger charge is -2.46. The first-order valence-electron chi connectivity index (χ1n) is 20.7. The van der Waals surface area contributed by atoms with Crippen LogP contribution in [0.1, 0.15) is 71.9 Å².